The van der Waals surface area contributed by atoms with Crippen molar-refractivity contribution in [2.45, 2.75) is 0 Å². The van der Waals surface area contributed by atoms with Gasteiger partial charge < -0.3 is 22.5 Å². The number of fused-ring (bicyclic) bond motifs is 15. The highest BCUT2D eigenvalue weighted by Crippen LogP contribution is 2.46. The van der Waals surface area contributed by atoms with Crippen molar-refractivity contribution in [1.29, 1.82) is 0 Å². The van der Waals surface area contributed by atoms with E-state index in [0.29, 0.717) is 0 Å². The molecule has 0 saturated carbocycles. The second kappa shape index (κ2) is 12.9. The fourth-order valence-electron chi connectivity index (χ4n) is 11.0. The molecule has 0 aliphatic heterocycles. The summed E-state index contributed by atoms with van der Waals surface area (Å²) in [6, 6.07) is 76.4. The van der Waals surface area contributed by atoms with E-state index in [0.717, 1.165) is 105 Å². The van der Waals surface area contributed by atoms with Crippen LogP contribution >= 0.6 is 0 Å². The first-order chi connectivity index (χ1) is 32.2. The maximum absolute atomic E-state index is 7.23. The second-order valence-electron chi connectivity index (χ2n) is 17.2. The van der Waals surface area contributed by atoms with E-state index in [-0.39, 0.29) is 0 Å². The van der Waals surface area contributed by atoms with Crippen molar-refractivity contribution in [2.24, 2.45) is 0 Å². The Labute approximate surface area is 370 Å². The molecular weight excluding hydrogens is 795 g/mol. The number of rotatable bonds is 4. The molecule has 0 fully saturated rings. The first-order valence-electron chi connectivity index (χ1n) is 22.2. The number of nitrogens with zero attached hydrogens (tertiary/aromatic N) is 3. The normalized spacial score (nSPS) is 12.3. The number of para-hydroxylation sites is 6. The topological polar surface area (TPSA) is 41.1 Å². The Balaban J connectivity index is 1.06. The molecule has 0 spiro atoms. The lowest BCUT2D eigenvalue weighted by Gasteiger charge is -2.14. The number of aromatic nitrogens is 3. The lowest BCUT2D eigenvalue weighted by molar-refractivity contribution is 0.663. The van der Waals surface area contributed by atoms with E-state index in [9.17, 15) is 0 Å². The third-order valence-electron chi connectivity index (χ3n) is 13.8. The summed E-state index contributed by atoms with van der Waals surface area (Å²) in [5, 5.41) is 11.4. The molecule has 0 radical (unpaired) electrons. The fraction of sp³-hybridized carbons (Fsp3) is 0. The van der Waals surface area contributed by atoms with Gasteiger partial charge in [0, 0.05) is 70.8 Å². The smallest absolute Gasteiger partial charge is 0.159 e. The van der Waals surface area contributed by atoms with E-state index in [1.807, 2.05) is 0 Å². The Hall–Kier alpha value is -8.80. The predicted octanol–water partition coefficient (Wildman–Crippen LogP) is 16.4. The van der Waals surface area contributed by atoms with Gasteiger partial charge in [-0.2, -0.15) is 0 Å². The lowest BCUT2D eigenvalue weighted by Crippen LogP contribution is -1.99. The van der Waals surface area contributed by atoms with Crippen LogP contribution in [0.5, 0.6) is 0 Å². The molecule has 15 rings (SSSR count). The molecule has 0 saturated heterocycles. The molecule has 0 unspecified atom stereocenters. The monoisotopic (exact) mass is 829 g/mol. The van der Waals surface area contributed by atoms with E-state index in [2.05, 4.69) is 226 Å². The van der Waals surface area contributed by atoms with Gasteiger partial charge in [0.15, 0.2) is 5.58 Å². The second-order valence-corrected chi connectivity index (χ2v) is 17.2. The highest BCUT2D eigenvalue weighted by Gasteiger charge is 2.24. The zero-order chi connectivity index (χ0) is 42.3. The number of hydrogen-bond acceptors (Lipinski definition) is 2. The van der Waals surface area contributed by atoms with Gasteiger partial charge >= 0.3 is 0 Å². The predicted molar refractivity (Wildman–Crippen MR) is 269 cm³/mol. The maximum Gasteiger partial charge on any atom is 0.159 e. The molecule has 10 aromatic carbocycles. The van der Waals surface area contributed by atoms with Crippen LogP contribution in [0.3, 0.4) is 0 Å². The zero-order valence-electron chi connectivity index (χ0n) is 34.9. The molecule has 0 N–H and O–H groups in total. The Morgan fingerprint density at radius 3 is 1.06 bits per heavy atom. The summed E-state index contributed by atoms with van der Waals surface area (Å²) >= 11 is 0. The van der Waals surface area contributed by atoms with Gasteiger partial charge in [-0.05, 0) is 78.4 Å². The number of furan rings is 2. The maximum atomic E-state index is 7.23. The Bertz CT molecular complexity index is 4320. The van der Waals surface area contributed by atoms with E-state index < -0.39 is 0 Å². The number of hydrogen-bond donors (Lipinski definition) is 0. The van der Waals surface area contributed by atoms with Crippen LogP contribution in [0.1, 0.15) is 0 Å². The van der Waals surface area contributed by atoms with Gasteiger partial charge in [0.25, 0.3) is 0 Å². The van der Waals surface area contributed by atoms with Crippen molar-refractivity contribution in [1.82, 2.24) is 13.7 Å². The fourth-order valence-corrected chi connectivity index (χ4v) is 11.0. The van der Waals surface area contributed by atoms with Crippen LogP contribution in [-0.2, 0) is 0 Å². The molecule has 0 aliphatic rings. The van der Waals surface area contributed by atoms with Crippen LogP contribution in [-0.4, -0.2) is 13.7 Å². The van der Waals surface area contributed by atoms with Gasteiger partial charge in [-0.15, -0.1) is 0 Å². The lowest BCUT2D eigenvalue weighted by atomic mass is 10.0. The van der Waals surface area contributed by atoms with E-state index >= 15 is 0 Å². The summed E-state index contributed by atoms with van der Waals surface area (Å²) < 4.78 is 21.5. The molecule has 65 heavy (non-hydrogen) atoms. The van der Waals surface area contributed by atoms with Crippen molar-refractivity contribution in [3.63, 3.8) is 0 Å². The average molecular weight is 830 g/mol. The van der Waals surface area contributed by atoms with E-state index in [4.69, 9.17) is 8.83 Å². The standard InChI is InChI=1S/C60H35N3O2/c1-2-16-36(17-3-1)45-30-37(61-50-24-10-4-18-39(50)40-19-5-11-25-51(40)61)31-48-46-34-58-47(35-57(46)64-59(45)48)49-32-38(62-52-26-12-6-20-41(52)42-21-7-13-27-53(42)62)33-56(60(49)65-58)63-54-28-14-8-22-43(54)44-23-9-15-29-55(44)63/h1-35H. The molecule has 5 heteroatoms. The molecule has 0 bridgehead atoms. The first-order valence-corrected chi connectivity index (χ1v) is 22.2. The summed E-state index contributed by atoms with van der Waals surface area (Å²) in [6.45, 7) is 0. The molecule has 5 nitrogen and oxygen atoms in total. The first kappa shape index (κ1) is 34.7. The van der Waals surface area contributed by atoms with Gasteiger partial charge in [0.05, 0.1) is 38.8 Å². The summed E-state index contributed by atoms with van der Waals surface area (Å²) in [5.74, 6) is 0. The van der Waals surface area contributed by atoms with Gasteiger partial charge in [-0.3, -0.25) is 0 Å². The van der Waals surface area contributed by atoms with Gasteiger partial charge in [0.2, 0.25) is 0 Å². The van der Waals surface area contributed by atoms with Crippen LogP contribution in [0.2, 0.25) is 0 Å². The van der Waals surface area contributed by atoms with Crippen LogP contribution in [0, 0.1) is 0 Å². The van der Waals surface area contributed by atoms with Crippen molar-refractivity contribution < 1.29 is 8.83 Å². The molecule has 5 heterocycles. The molecular formula is C60H35N3O2. The Kier molecular flexibility index (Phi) is 6.89. The largest absolute Gasteiger partial charge is 0.455 e. The SMILES string of the molecule is c1ccc(-c2cc(-n3c4ccccc4c4ccccc43)cc3c2oc2cc4c(cc23)oc2c(-n3c5ccccc5c5ccccc53)cc(-n3c5ccccc5c5ccccc53)cc24)cc1. The highest BCUT2D eigenvalue weighted by molar-refractivity contribution is 6.20. The van der Waals surface area contributed by atoms with Crippen LogP contribution in [0.25, 0.3) is 137 Å². The Morgan fingerprint density at radius 1 is 0.262 bits per heavy atom. The minimum atomic E-state index is 0.806. The van der Waals surface area contributed by atoms with Crippen molar-refractivity contribution in [3.05, 3.63) is 212 Å². The minimum absolute atomic E-state index is 0.806. The van der Waals surface area contributed by atoms with Crippen molar-refractivity contribution in [2.75, 3.05) is 0 Å². The molecule has 15 aromatic rings. The van der Waals surface area contributed by atoms with Gasteiger partial charge in [0.1, 0.15) is 16.7 Å². The zero-order valence-corrected chi connectivity index (χ0v) is 34.9. The van der Waals surface area contributed by atoms with Crippen molar-refractivity contribution >= 4 is 109 Å². The minimum Gasteiger partial charge on any atom is -0.455 e. The summed E-state index contributed by atoms with van der Waals surface area (Å²) in [7, 11) is 0. The van der Waals surface area contributed by atoms with Crippen LogP contribution in [0.15, 0.2) is 221 Å². The summed E-state index contributed by atoms with van der Waals surface area (Å²) in [5.41, 5.74) is 15.4. The third kappa shape index (κ3) is 4.76. The Morgan fingerprint density at radius 2 is 0.615 bits per heavy atom. The molecule has 0 atom stereocenters. The van der Waals surface area contributed by atoms with Gasteiger partial charge in [-0.1, -0.05) is 140 Å². The number of benzene rings is 10. The quantitative estimate of drug-likeness (QED) is 0.177. The molecule has 0 aliphatic carbocycles. The van der Waals surface area contributed by atoms with Gasteiger partial charge in [-0.25, -0.2) is 0 Å². The molecule has 0 amide bonds. The van der Waals surface area contributed by atoms with Crippen LogP contribution in [0.4, 0.5) is 0 Å². The summed E-state index contributed by atoms with van der Waals surface area (Å²) in [4.78, 5) is 0. The van der Waals surface area contributed by atoms with E-state index in [1.54, 1.807) is 0 Å². The molecule has 5 aromatic heterocycles. The highest BCUT2D eigenvalue weighted by atomic mass is 16.3. The average Bonchev–Trinajstić information content (AvgIpc) is 4.17. The molecule has 302 valence electrons. The van der Waals surface area contributed by atoms with Crippen molar-refractivity contribution in [3.8, 4) is 28.2 Å². The van der Waals surface area contributed by atoms with Crippen LogP contribution < -0.4 is 0 Å². The third-order valence-corrected chi connectivity index (χ3v) is 13.8. The van der Waals surface area contributed by atoms with E-state index in [1.165, 1.54) is 32.3 Å². The summed E-state index contributed by atoms with van der Waals surface area (Å²) in [6.07, 6.45) is 0.